The van der Waals surface area contributed by atoms with Gasteiger partial charge in [-0.15, -0.1) is 0 Å². The van der Waals surface area contributed by atoms with Gasteiger partial charge in [0.15, 0.2) is 0 Å². The second-order valence-electron chi connectivity index (χ2n) is 10.6. The minimum Gasteiger partial charge on any atom is -0.493 e. The van der Waals surface area contributed by atoms with E-state index in [4.69, 9.17) is 14.2 Å². The second kappa shape index (κ2) is 10.6. The van der Waals surface area contributed by atoms with Crippen LogP contribution in [0.15, 0.2) is 29.2 Å². The molecule has 1 N–H and O–H groups in total. The summed E-state index contributed by atoms with van der Waals surface area (Å²) in [6, 6.07) is 5.27. The van der Waals surface area contributed by atoms with Crippen molar-refractivity contribution in [2.75, 3.05) is 19.8 Å². The molecule has 0 bridgehead atoms. The van der Waals surface area contributed by atoms with Crippen molar-refractivity contribution in [1.82, 2.24) is 9.55 Å². The van der Waals surface area contributed by atoms with Gasteiger partial charge in [0.1, 0.15) is 24.0 Å². The van der Waals surface area contributed by atoms with E-state index in [2.05, 4.69) is 24.6 Å². The summed E-state index contributed by atoms with van der Waals surface area (Å²) in [7, 11) is -1.24. The molecule has 0 unspecified atom stereocenters. The first kappa shape index (κ1) is 26.2. The molecular formula is C27H35FN2O5Si. The lowest BCUT2D eigenvalue weighted by Crippen LogP contribution is -2.22. The van der Waals surface area contributed by atoms with Crippen molar-refractivity contribution in [2.24, 2.45) is 5.92 Å². The summed E-state index contributed by atoms with van der Waals surface area (Å²) < 4.78 is 33.6. The molecule has 7 nitrogen and oxygen atoms in total. The van der Waals surface area contributed by atoms with Crippen LogP contribution in [0, 0.1) is 18.7 Å². The molecule has 194 valence electrons. The molecular weight excluding hydrogens is 479 g/mol. The topological polar surface area (TPSA) is 82.6 Å². The van der Waals surface area contributed by atoms with Gasteiger partial charge in [-0.25, -0.2) is 9.18 Å². The number of benzene rings is 1. The number of halogens is 1. The van der Waals surface area contributed by atoms with E-state index in [0.717, 1.165) is 18.9 Å². The molecule has 0 radical (unpaired) electrons. The van der Waals surface area contributed by atoms with Gasteiger partial charge in [-0.2, -0.15) is 0 Å². The van der Waals surface area contributed by atoms with Gasteiger partial charge in [0.25, 0.3) is 5.56 Å². The largest absolute Gasteiger partial charge is 0.493 e. The van der Waals surface area contributed by atoms with E-state index in [-0.39, 0.29) is 19.0 Å². The van der Waals surface area contributed by atoms with Crippen molar-refractivity contribution in [3.05, 3.63) is 52.0 Å². The molecule has 1 aliphatic carbocycles. The van der Waals surface area contributed by atoms with E-state index in [9.17, 15) is 14.0 Å². The molecule has 1 aliphatic rings. The molecule has 0 atom stereocenters. The first-order chi connectivity index (χ1) is 17.1. The van der Waals surface area contributed by atoms with Gasteiger partial charge < -0.3 is 23.8 Å². The standard InChI is InChI=1S/C27H35FN2O5Si/c1-6-34-27(32)25-24(20-13-19(28)9-10-22(20)35-15-18-7-8-18)21-14-30(16-33-11-12-36(3,4)5)17(2)23(21)26(31)29-25/h9-10,13-14,18H,6-8,11-12,15-16H2,1-5H3,(H,29,31). The number of hydrogen-bond donors (Lipinski definition) is 1. The average molecular weight is 515 g/mol. The zero-order valence-corrected chi connectivity index (χ0v) is 22.7. The lowest BCUT2D eigenvalue weighted by molar-refractivity contribution is 0.0520. The fourth-order valence-corrected chi connectivity index (χ4v) is 4.89. The minimum absolute atomic E-state index is 0.0203. The number of rotatable bonds is 11. The van der Waals surface area contributed by atoms with E-state index in [1.807, 2.05) is 11.5 Å². The van der Waals surface area contributed by atoms with Crippen LogP contribution in [-0.4, -0.2) is 43.4 Å². The Labute approximate surface area is 211 Å². The van der Waals surface area contributed by atoms with Gasteiger partial charge in [0, 0.05) is 43.1 Å². The van der Waals surface area contributed by atoms with E-state index in [1.165, 1.54) is 12.1 Å². The quantitative estimate of drug-likeness (QED) is 0.201. The smallest absolute Gasteiger partial charge is 0.355 e. The maximum absolute atomic E-state index is 14.5. The molecule has 9 heteroatoms. The Morgan fingerprint density at radius 2 is 2.00 bits per heavy atom. The van der Waals surface area contributed by atoms with Crippen LogP contribution in [0.25, 0.3) is 21.9 Å². The van der Waals surface area contributed by atoms with Crippen molar-refractivity contribution < 1.29 is 23.4 Å². The lowest BCUT2D eigenvalue weighted by Gasteiger charge is -2.16. The van der Waals surface area contributed by atoms with E-state index in [0.29, 0.717) is 52.5 Å². The number of aromatic amines is 1. The van der Waals surface area contributed by atoms with Crippen molar-refractivity contribution in [1.29, 1.82) is 0 Å². The lowest BCUT2D eigenvalue weighted by atomic mass is 9.98. The van der Waals surface area contributed by atoms with Crippen LogP contribution in [0.5, 0.6) is 5.75 Å². The number of aryl methyl sites for hydroxylation is 1. The Balaban J connectivity index is 1.84. The summed E-state index contributed by atoms with van der Waals surface area (Å²) in [6.45, 7) is 11.9. The predicted molar refractivity (Wildman–Crippen MR) is 141 cm³/mol. The number of aromatic nitrogens is 2. The van der Waals surface area contributed by atoms with Crippen molar-refractivity contribution >= 4 is 24.8 Å². The first-order valence-corrected chi connectivity index (χ1v) is 16.2. The molecule has 3 aromatic rings. The van der Waals surface area contributed by atoms with Crippen LogP contribution < -0.4 is 10.3 Å². The second-order valence-corrected chi connectivity index (χ2v) is 16.3. The van der Waals surface area contributed by atoms with Crippen molar-refractivity contribution in [2.45, 2.75) is 59.1 Å². The molecule has 0 saturated heterocycles. The normalized spacial score (nSPS) is 13.8. The SMILES string of the molecule is CCOC(=O)c1[nH]c(=O)c2c(C)n(COCC[Si](C)(C)C)cc2c1-c1cc(F)ccc1OCC1CC1. The zero-order valence-electron chi connectivity index (χ0n) is 21.7. The minimum atomic E-state index is -1.24. The van der Waals surface area contributed by atoms with E-state index >= 15 is 0 Å². The molecule has 2 heterocycles. The third-order valence-electron chi connectivity index (χ3n) is 6.42. The number of fused-ring (bicyclic) bond motifs is 1. The average Bonchev–Trinajstić information content (AvgIpc) is 3.57. The third kappa shape index (κ3) is 5.90. The molecule has 1 aromatic carbocycles. The highest BCUT2D eigenvalue weighted by molar-refractivity contribution is 6.76. The number of hydrogen-bond acceptors (Lipinski definition) is 5. The Morgan fingerprint density at radius 1 is 1.25 bits per heavy atom. The zero-order chi connectivity index (χ0) is 26.0. The maximum Gasteiger partial charge on any atom is 0.355 e. The number of carbonyl (C=O) groups excluding carboxylic acids is 1. The number of H-pyrrole nitrogens is 1. The van der Waals surface area contributed by atoms with Gasteiger partial charge in [-0.3, -0.25) is 4.79 Å². The summed E-state index contributed by atoms with van der Waals surface area (Å²) in [5.41, 5.74) is 1.06. The molecule has 1 saturated carbocycles. The highest BCUT2D eigenvalue weighted by Crippen LogP contribution is 2.39. The Kier molecular flexibility index (Phi) is 7.70. The molecule has 4 rings (SSSR count). The van der Waals surface area contributed by atoms with Gasteiger partial charge in [0.05, 0.1) is 18.6 Å². The molecule has 1 fully saturated rings. The van der Waals surface area contributed by atoms with Gasteiger partial charge in [0.2, 0.25) is 0 Å². The van der Waals surface area contributed by atoms with Crippen LogP contribution >= 0.6 is 0 Å². The highest BCUT2D eigenvalue weighted by atomic mass is 28.3. The van der Waals surface area contributed by atoms with Gasteiger partial charge >= 0.3 is 5.97 Å². The summed E-state index contributed by atoms with van der Waals surface area (Å²) >= 11 is 0. The fourth-order valence-electron chi connectivity index (χ4n) is 4.13. The van der Waals surface area contributed by atoms with Crippen LogP contribution in [0.1, 0.15) is 35.9 Å². The number of pyridine rings is 1. The third-order valence-corrected chi connectivity index (χ3v) is 8.12. The van der Waals surface area contributed by atoms with Crippen molar-refractivity contribution in [3.8, 4) is 16.9 Å². The first-order valence-electron chi connectivity index (χ1n) is 12.5. The highest BCUT2D eigenvalue weighted by Gasteiger charge is 2.27. The molecule has 0 spiro atoms. The van der Waals surface area contributed by atoms with Crippen LogP contribution in [0.3, 0.4) is 0 Å². The number of carbonyl (C=O) groups is 1. The summed E-state index contributed by atoms with van der Waals surface area (Å²) in [6.07, 6.45) is 4.00. The fraction of sp³-hybridized carbons (Fsp3) is 0.481. The Hall–Kier alpha value is -2.91. The number of nitrogens with one attached hydrogen (secondary N) is 1. The van der Waals surface area contributed by atoms with E-state index < -0.39 is 25.4 Å². The summed E-state index contributed by atoms with van der Waals surface area (Å²) in [5, 5.41) is 0.944. The van der Waals surface area contributed by atoms with Crippen LogP contribution in [0.2, 0.25) is 25.7 Å². The van der Waals surface area contributed by atoms with Gasteiger partial charge in [-0.1, -0.05) is 19.6 Å². The monoisotopic (exact) mass is 514 g/mol. The number of esters is 1. The van der Waals surface area contributed by atoms with Crippen LogP contribution in [-0.2, 0) is 16.2 Å². The molecule has 2 aromatic heterocycles. The van der Waals surface area contributed by atoms with Crippen molar-refractivity contribution in [3.63, 3.8) is 0 Å². The van der Waals surface area contributed by atoms with E-state index in [1.54, 1.807) is 19.2 Å². The number of ether oxygens (including phenoxy) is 3. The summed E-state index contributed by atoms with van der Waals surface area (Å²) in [5.74, 6) is -0.205. The maximum atomic E-state index is 14.5. The molecule has 0 amide bonds. The Morgan fingerprint density at radius 3 is 2.67 bits per heavy atom. The molecule has 36 heavy (non-hydrogen) atoms. The summed E-state index contributed by atoms with van der Waals surface area (Å²) in [4.78, 5) is 28.8. The number of nitrogens with zero attached hydrogens (tertiary/aromatic N) is 1. The molecule has 0 aliphatic heterocycles. The Bertz CT molecular complexity index is 1320. The van der Waals surface area contributed by atoms with Gasteiger partial charge in [-0.05, 0) is 56.9 Å². The predicted octanol–water partition coefficient (Wildman–Crippen LogP) is 5.72. The van der Waals surface area contributed by atoms with Crippen LogP contribution in [0.4, 0.5) is 4.39 Å².